The van der Waals surface area contributed by atoms with Gasteiger partial charge in [0.25, 0.3) is 0 Å². The molecule has 0 amide bonds. The molecule has 0 unspecified atom stereocenters. The van der Waals surface area contributed by atoms with Crippen LogP contribution in [0.4, 0.5) is 5.95 Å². The van der Waals surface area contributed by atoms with Crippen molar-refractivity contribution >= 4 is 17.7 Å². The molecule has 0 spiro atoms. The van der Waals surface area contributed by atoms with Crippen LogP contribution in [0.1, 0.15) is 28.1 Å². The quantitative estimate of drug-likeness (QED) is 0.421. The van der Waals surface area contributed by atoms with Gasteiger partial charge in [-0.2, -0.15) is 0 Å². The fourth-order valence-electron chi connectivity index (χ4n) is 3.80. The molecule has 0 atom stereocenters. The minimum absolute atomic E-state index is 0.364. The standard InChI is InChI=1S/C24H27N7/c1-4-16-11-12-20(29-15(16)2)22(25)21(31(3)26)14-28-24-27-13-18-10-9-17-7-5-6-8-19(17)23(18)30-24/h4-8,11-13H,1,9-10,14,25-26H2,2-3H3,(H,27,28,30)/b22-21-. The minimum Gasteiger partial charge on any atom is -0.395 e. The van der Waals surface area contributed by atoms with E-state index < -0.39 is 0 Å². The Morgan fingerprint density at radius 1 is 1.16 bits per heavy atom. The van der Waals surface area contributed by atoms with Crippen molar-refractivity contribution in [2.45, 2.75) is 19.8 Å². The zero-order valence-corrected chi connectivity index (χ0v) is 17.9. The van der Waals surface area contributed by atoms with Gasteiger partial charge in [-0.1, -0.05) is 43.0 Å². The summed E-state index contributed by atoms with van der Waals surface area (Å²) in [5, 5.41) is 4.76. The second kappa shape index (κ2) is 8.57. The summed E-state index contributed by atoms with van der Waals surface area (Å²) in [6, 6.07) is 12.2. The molecule has 0 fully saturated rings. The number of nitrogens with two attached hydrogens (primary N) is 2. The van der Waals surface area contributed by atoms with Gasteiger partial charge in [0.1, 0.15) is 0 Å². The van der Waals surface area contributed by atoms with Crippen molar-refractivity contribution in [2.24, 2.45) is 11.6 Å². The van der Waals surface area contributed by atoms with Crippen molar-refractivity contribution in [1.29, 1.82) is 0 Å². The Kier molecular flexibility index (Phi) is 5.68. The number of aromatic nitrogens is 3. The number of hydrazine groups is 1. The number of anilines is 1. The van der Waals surface area contributed by atoms with Crippen LogP contribution in [0.3, 0.4) is 0 Å². The number of likely N-dealkylation sites (N-methyl/N-ethyl adjacent to an activating group) is 1. The largest absolute Gasteiger partial charge is 0.395 e. The molecule has 4 rings (SSSR count). The molecule has 158 valence electrons. The van der Waals surface area contributed by atoms with E-state index in [1.165, 1.54) is 16.1 Å². The van der Waals surface area contributed by atoms with E-state index in [1.807, 2.05) is 31.3 Å². The van der Waals surface area contributed by atoms with E-state index in [2.05, 4.69) is 40.1 Å². The van der Waals surface area contributed by atoms with E-state index in [0.717, 1.165) is 35.4 Å². The molecule has 3 aromatic rings. The fraction of sp³-hybridized carbons (Fsp3) is 0.208. The summed E-state index contributed by atoms with van der Waals surface area (Å²) in [5.74, 6) is 6.61. The summed E-state index contributed by atoms with van der Waals surface area (Å²) in [5.41, 5.74) is 14.7. The topological polar surface area (TPSA) is 106 Å². The molecule has 0 saturated heterocycles. The van der Waals surface area contributed by atoms with E-state index in [1.54, 1.807) is 13.1 Å². The molecule has 1 aliphatic rings. The monoisotopic (exact) mass is 413 g/mol. The van der Waals surface area contributed by atoms with Crippen LogP contribution in [-0.2, 0) is 12.8 Å². The molecule has 0 radical (unpaired) electrons. The molecule has 2 heterocycles. The average molecular weight is 414 g/mol. The Bertz CT molecular complexity index is 1160. The average Bonchev–Trinajstić information content (AvgIpc) is 2.78. The van der Waals surface area contributed by atoms with Crippen LogP contribution in [0.5, 0.6) is 0 Å². The molecule has 31 heavy (non-hydrogen) atoms. The number of hydrogen-bond acceptors (Lipinski definition) is 7. The second-order valence-electron chi connectivity index (χ2n) is 7.62. The highest BCUT2D eigenvalue weighted by Gasteiger charge is 2.18. The SMILES string of the molecule is C=Cc1ccc(/C(N)=C(\CNc2ncc3c(n2)-c2ccccc2CC3)N(C)N)nc1C. The Hall–Kier alpha value is -3.71. The number of nitrogens with zero attached hydrogens (tertiary/aromatic N) is 4. The van der Waals surface area contributed by atoms with Crippen LogP contribution >= 0.6 is 0 Å². The van der Waals surface area contributed by atoms with Gasteiger partial charge in [0.15, 0.2) is 0 Å². The number of pyridine rings is 1. The normalized spacial score (nSPS) is 13.0. The highest BCUT2D eigenvalue weighted by atomic mass is 15.4. The number of nitrogens with one attached hydrogen (secondary N) is 1. The minimum atomic E-state index is 0.364. The molecule has 7 nitrogen and oxygen atoms in total. The molecular formula is C24H27N7. The van der Waals surface area contributed by atoms with E-state index in [0.29, 0.717) is 29.6 Å². The first kappa shape index (κ1) is 20.6. The predicted molar refractivity (Wildman–Crippen MR) is 125 cm³/mol. The molecule has 1 aromatic carbocycles. The molecular weight excluding hydrogens is 386 g/mol. The molecule has 0 saturated carbocycles. The van der Waals surface area contributed by atoms with Crippen LogP contribution in [0, 0.1) is 6.92 Å². The van der Waals surface area contributed by atoms with Crippen LogP contribution in [-0.4, -0.2) is 33.6 Å². The van der Waals surface area contributed by atoms with Gasteiger partial charge in [-0.05, 0) is 42.5 Å². The lowest BCUT2D eigenvalue weighted by Gasteiger charge is -2.22. The number of benzene rings is 1. The predicted octanol–water partition coefficient (Wildman–Crippen LogP) is 3.13. The van der Waals surface area contributed by atoms with Gasteiger partial charge in [-0.15, -0.1) is 0 Å². The third kappa shape index (κ3) is 4.13. The van der Waals surface area contributed by atoms with E-state index in [9.17, 15) is 0 Å². The van der Waals surface area contributed by atoms with Gasteiger partial charge < -0.3 is 16.1 Å². The van der Waals surface area contributed by atoms with Gasteiger partial charge in [0.2, 0.25) is 5.95 Å². The lowest BCUT2D eigenvalue weighted by Crippen LogP contribution is -2.32. The van der Waals surface area contributed by atoms with Crippen LogP contribution < -0.4 is 16.9 Å². The third-order valence-electron chi connectivity index (χ3n) is 5.57. The summed E-state index contributed by atoms with van der Waals surface area (Å²) < 4.78 is 0. The van der Waals surface area contributed by atoms with Crippen molar-refractivity contribution in [3.63, 3.8) is 0 Å². The van der Waals surface area contributed by atoms with Crippen LogP contribution in [0.2, 0.25) is 0 Å². The van der Waals surface area contributed by atoms with Crippen molar-refractivity contribution in [2.75, 3.05) is 18.9 Å². The number of rotatable bonds is 6. The fourth-order valence-corrected chi connectivity index (χ4v) is 3.80. The zero-order chi connectivity index (χ0) is 22.0. The smallest absolute Gasteiger partial charge is 0.223 e. The van der Waals surface area contributed by atoms with Crippen molar-refractivity contribution in [3.05, 3.63) is 82.9 Å². The van der Waals surface area contributed by atoms with Crippen molar-refractivity contribution < 1.29 is 0 Å². The lowest BCUT2D eigenvalue weighted by atomic mass is 9.90. The summed E-state index contributed by atoms with van der Waals surface area (Å²) in [4.78, 5) is 13.9. The Morgan fingerprint density at radius 2 is 1.94 bits per heavy atom. The summed E-state index contributed by atoms with van der Waals surface area (Å²) >= 11 is 0. The van der Waals surface area contributed by atoms with E-state index in [-0.39, 0.29) is 0 Å². The maximum atomic E-state index is 6.43. The maximum Gasteiger partial charge on any atom is 0.223 e. The first-order valence-electron chi connectivity index (χ1n) is 10.2. The van der Waals surface area contributed by atoms with Crippen LogP contribution in [0.25, 0.3) is 23.0 Å². The highest BCUT2D eigenvalue weighted by Crippen LogP contribution is 2.31. The molecule has 1 aliphatic carbocycles. The van der Waals surface area contributed by atoms with Crippen LogP contribution in [0.15, 0.2) is 54.9 Å². The summed E-state index contributed by atoms with van der Waals surface area (Å²) in [6.45, 7) is 6.09. The number of fused-ring (bicyclic) bond motifs is 3. The molecule has 7 heteroatoms. The Labute approximate surface area is 182 Å². The number of hydrogen-bond donors (Lipinski definition) is 3. The van der Waals surface area contributed by atoms with E-state index in [4.69, 9.17) is 16.6 Å². The van der Waals surface area contributed by atoms with Gasteiger partial charge in [0, 0.05) is 24.5 Å². The molecule has 0 aliphatic heterocycles. The molecule has 5 N–H and O–H groups in total. The van der Waals surface area contributed by atoms with Gasteiger partial charge in [-0.25, -0.2) is 15.8 Å². The number of aryl methyl sites for hydroxylation is 3. The Morgan fingerprint density at radius 3 is 2.68 bits per heavy atom. The van der Waals surface area contributed by atoms with Crippen molar-refractivity contribution in [1.82, 2.24) is 20.0 Å². The second-order valence-corrected chi connectivity index (χ2v) is 7.62. The first-order valence-corrected chi connectivity index (χ1v) is 10.2. The first-order chi connectivity index (χ1) is 15.0. The van der Waals surface area contributed by atoms with E-state index >= 15 is 0 Å². The molecule has 0 bridgehead atoms. The lowest BCUT2D eigenvalue weighted by molar-refractivity contribution is 0.438. The van der Waals surface area contributed by atoms with Gasteiger partial charge in [0.05, 0.1) is 29.3 Å². The van der Waals surface area contributed by atoms with Gasteiger partial charge in [-0.3, -0.25) is 4.98 Å². The van der Waals surface area contributed by atoms with Crippen molar-refractivity contribution in [3.8, 4) is 11.3 Å². The molecule has 2 aromatic heterocycles. The third-order valence-corrected chi connectivity index (χ3v) is 5.57. The highest BCUT2D eigenvalue weighted by molar-refractivity contribution is 5.70. The van der Waals surface area contributed by atoms with Gasteiger partial charge >= 0.3 is 0 Å². The zero-order valence-electron chi connectivity index (χ0n) is 17.9. The summed E-state index contributed by atoms with van der Waals surface area (Å²) in [7, 11) is 1.75. The summed E-state index contributed by atoms with van der Waals surface area (Å²) in [6.07, 6.45) is 5.63. The maximum absolute atomic E-state index is 6.43. The Balaban J connectivity index is 1.60.